The lowest BCUT2D eigenvalue weighted by molar-refractivity contribution is 0.0601. The number of hydrogen-bond acceptors (Lipinski definition) is 5. The normalized spacial score (nSPS) is 9.76. The van der Waals surface area contributed by atoms with Crippen molar-refractivity contribution in [2.24, 2.45) is 0 Å². The van der Waals surface area contributed by atoms with Crippen LogP contribution in [0.1, 0.15) is 15.9 Å². The number of fused-ring (bicyclic) bond motifs is 1. The van der Waals surface area contributed by atoms with Gasteiger partial charge in [-0.15, -0.1) is 0 Å². The summed E-state index contributed by atoms with van der Waals surface area (Å²) in [5, 5.41) is 12.8. The Kier molecular flexibility index (Phi) is 4.05. The Morgan fingerprint density at radius 2 is 1.90 bits per heavy atom. The molecule has 0 aliphatic carbocycles. The van der Waals surface area contributed by atoms with Crippen molar-refractivity contribution in [3.05, 3.63) is 41.5 Å². The summed E-state index contributed by atoms with van der Waals surface area (Å²) >= 11 is 0. The zero-order valence-corrected chi connectivity index (χ0v) is 11.5. The van der Waals surface area contributed by atoms with Gasteiger partial charge < -0.3 is 9.47 Å². The fourth-order valence-electron chi connectivity index (χ4n) is 1.93. The molecule has 21 heavy (non-hydrogen) atoms. The summed E-state index contributed by atoms with van der Waals surface area (Å²) in [7, 11) is 2.51. The van der Waals surface area contributed by atoms with E-state index < -0.39 is 12.1 Å². The summed E-state index contributed by atoms with van der Waals surface area (Å²) in [6.45, 7) is 0. The molecule has 0 radical (unpaired) electrons. The number of nitrogens with zero attached hydrogens (tertiary/aromatic N) is 1. The molecule has 1 N–H and O–H groups in total. The van der Waals surface area contributed by atoms with Crippen LogP contribution in [0.4, 0.5) is 10.5 Å². The number of nitriles is 1. The summed E-state index contributed by atoms with van der Waals surface area (Å²) in [6, 6.07) is 10.1. The Balaban J connectivity index is 2.66. The predicted octanol–water partition coefficient (Wildman–Crippen LogP) is 2.68. The van der Waals surface area contributed by atoms with Crippen LogP contribution < -0.4 is 5.32 Å². The van der Waals surface area contributed by atoms with Crippen molar-refractivity contribution in [3.63, 3.8) is 0 Å². The van der Waals surface area contributed by atoms with Gasteiger partial charge >= 0.3 is 12.1 Å². The highest BCUT2D eigenvalue weighted by Crippen LogP contribution is 2.27. The van der Waals surface area contributed by atoms with Crippen molar-refractivity contribution in [1.82, 2.24) is 0 Å². The van der Waals surface area contributed by atoms with E-state index in [2.05, 4.69) is 14.8 Å². The van der Waals surface area contributed by atoms with E-state index in [4.69, 9.17) is 5.26 Å². The van der Waals surface area contributed by atoms with E-state index in [0.717, 1.165) is 0 Å². The minimum Gasteiger partial charge on any atom is -0.465 e. The molecule has 0 aliphatic rings. The maximum Gasteiger partial charge on any atom is 0.411 e. The van der Waals surface area contributed by atoms with E-state index in [9.17, 15) is 9.59 Å². The number of carbonyl (C=O) groups excluding carboxylic acids is 2. The number of esters is 1. The largest absolute Gasteiger partial charge is 0.465 e. The molecule has 6 nitrogen and oxygen atoms in total. The summed E-state index contributed by atoms with van der Waals surface area (Å²) in [5.74, 6) is -0.519. The second-order valence-corrected chi connectivity index (χ2v) is 4.18. The number of nitrogens with one attached hydrogen (secondary N) is 1. The summed E-state index contributed by atoms with van der Waals surface area (Å²) in [6.07, 6.45) is -0.666. The molecule has 2 aromatic carbocycles. The lowest BCUT2D eigenvalue weighted by atomic mass is 10.0. The number of hydrogen-bond donors (Lipinski definition) is 1. The Morgan fingerprint density at radius 3 is 2.52 bits per heavy atom. The molecule has 2 rings (SSSR count). The number of anilines is 1. The van der Waals surface area contributed by atoms with Gasteiger partial charge in [-0.3, -0.25) is 5.32 Å². The van der Waals surface area contributed by atoms with Crippen LogP contribution in [0.25, 0.3) is 10.8 Å². The van der Waals surface area contributed by atoms with Crippen LogP contribution in [0.3, 0.4) is 0 Å². The Bertz CT molecular complexity index is 762. The Morgan fingerprint density at radius 1 is 1.14 bits per heavy atom. The third-order valence-electron chi connectivity index (χ3n) is 2.93. The fraction of sp³-hybridized carbons (Fsp3) is 0.133. The molecule has 0 aromatic heterocycles. The van der Waals surface area contributed by atoms with Crippen LogP contribution in [0.5, 0.6) is 0 Å². The Labute approximate surface area is 120 Å². The van der Waals surface area contributed by atoms with Crippen LogP contribution in [-0.4, -0.2) is 26.3 Å². The monoisotopic (exact) mass is 284 g/mol. The van der Waals surface area contributed by atoms with Gasteiger partial charge in [0.1, 0.15) is 0 Å². The highest BCUT2D eigenvalue weighted by atomic mass is 16.5. The quantitative estimate of drug-likeness (QED) is 0.856. The Hall–Kier alpha value is -3.07. The predicted molar refractivity (Wildman–Crippen MR) is 76.0 cm³/mol. The van der Waals surface area contributed by atoms with Gasteiger partial charge in [-0.1, -0.05) is 6.07 Å². The minimum absolute atomic E-state index is 0.293. The van der Waals surface area contributed by atoms with Crippen LogP contribution in [-0.2, 0) is 9.47 Å². The van der Waals surface area contributed by atoms with E-state index in [-0.39, 0.29) is 0 Å². The summed E-state index contributed by atoms with van der Waals surface area (Å²) in [5.41, 5.74) is 1.11. The zero-order valence-electron chi connectivity index (χ0n) is 11.5. The van der Waals surface area contributed by atoms with E-state index in [1.807, 2.05) is 6.07 Å². The SMILES string of the molecule is COC(=O)Nc1cc(C(=O)OC)cc2ccc(C#N)cc12. The number of benzene rings is 2. The second-order valence-electron chi connectivity index (χ2n) is 4.18. The summed E-state index contributed by atoms with van der Waals surface area (Å²) in [4.78, 5) is 23.1. The van der Waals surface area contributed by atoms with Gasteiger partial charge in [-0.2, -0.15) is 5.26 Å². The number of ether oxygens (including phenoxy) is 2. The average Bonchev–Trinajstić information content (AvgIpc) is 2.53. The van der Waals surface area contributed by atoms with Gasteiger partial charge in [0.25, 0.3) is 0 Å². The van der Waals surface area contributed by atoms with Crippen LogP contribution in [0, 0.1) is 11.3 Å². The number of carbonyl (C=O) groups is 2. The molecule has 0 atom stereocenters. The average molecular weight is 284 g/mol. The van der Waals surface area contributed by atoms with E-state index in [0.29, 0.717) is 27.6 Å². The highest BCUT2D eigenvalue weighted by molar-refractivity contribution is 6.05. The number of rotatable bonds is 2. The first-order chi connectivity index (χ1) is 10.1. The number of methoxy groups -OCH3 is 2. The lowest BCUT2D eigenvalue weighted by Crippen LogP contribution is -2.12. The van der Waals surface area contributed by atoms with Crippen molar-refractivity contribution >= 4 is 28.5 Å². The molecular weight excluding hydrogens is 272 g/mol. The van der Waals surface area contributed by atoms with Crippen molar-refractivity contribution < 1.29 is 19.1 Å². The third-order valence-corrected chi connectivity index (χ3v) is 2.93. The molecule has 0 saturated heterocycles. The number of amides is 1. The molecule has 0 bridgehead atoms. The van der Waals surface area contributed by atoms with Crippen LogP contribution in [0.15, 0.2) is 30.3 Å². The topological polar surface area (TPSA) is 88.4 Å². The minimum atomic E-state index is -0.666. The molecule has 0 heterocycles. The third kappa shape index (κ3) is 2.92. The van der Waals surface area contributed by atoms with Crippen LogP contribution >= 0.6 is 0 Å². The molecule has 0 saturated carbocycles. The van der Waals surface area contributed by atoms with Gasteiger partial charge in [0.05, 0.1) is 37.1 Å². The first kappa shape index (κ1) is 14.3. The molecule has 1 amide bonds. The molecular formula is C15H12N2O4. The van der Waals surface area contributed by atoms with Gasteiger partial charge in [0, 0.05) is 5.39 Å². The molecule has 0 unspecified atom stereocenters. The van der Waals surface area contributed by atoms with E-state index >= 15 is 0 Å². The molecule has 6 heteroatoms. The molecule has 0 spiro atoms. The van der Waals surface area contributed by atoms with E-state index in [1.54, 1.807) is 24.3 Å². The lowest BCUT2D eigenvalue weighted by Gasteiger charge is -2.10. The zero-order chi connectivity index (χ0) is 15.4. The summed E-state index contributed by atoms with van der Waals surface area (Å²) < 4.78 is 9.24. The molecule has 106 valence electrons. The first-order valence-corrected chi connectivity index (χ1v) is 6.00. The van der Waals surface area contributed by atoms with Gasteiger partial charge in [-0.25, -0.2) is 9.59 Å². The molecule has 2 aromatic rings. The molecule has 0 fully saturated rings. The van der Waals surface area contributed by atoms with Crippen molar-refractivity contribution in [2.45, 2.75) is 0 Å². The van der Waals surface area contributed by atoms with Crippen LogP contribution in [0.2, 0.25) is 0 Å². The second kappa shape index (κ2) is 5.92. The smallest absolute Gasteiger partial charge is 0.411 e. The maximum atomic E-state index is 11.7. The van der Waals surface area contributed by atoms with Crippen molar-refractivity contribution in [2.75, 3.05) is 19.5 Å². The molecule has 0 aliphatic heterocycles. The standard InChI is InChI=1S/C15H12N2O4/c1-20-14(18)11-6-10-4-3-9(8-16)5-12(10)13(7-11)17-15(19)21-2/h3-7H,1-2H3,(H,17,19). The van der Waals surface area contributed by atoms with Gasteiger partial charge in [0.2, 0.25) is 0 Å². The highest BCUT2D eigenvalue weighted by Gasteiger charge is 2.13. The van der Waals surface area contributed by atoms with E-state index in [1.165, 1.54) is 20.3 Å². The fourth-order valence-corrected chi connectivity index (χ4v) is 1.93. The maximum absolute atomic E-state index is 11.7. The van der Waals surface area contributed by atoms with Crippen molar-refractivity contribution in [3.8, 4) is 6.07 Å². The van der Waals surface area contributed by atoms with Crippen molar-refractivity contribution in [1.29, 1.82) is 5.26 Å². The van der Waals surface area contributed by atoms with Gasteiger partial charge in [0.15, 0.2) is 0 Å². The van der Waals surface area contributed by atoms with Gasteiger partial charge in [-0.05, 0) is 29.7 Å². The first-order valence-electron chi connectivity index (χ1n) is 6.00.